The van der Waals surface area contributed by atoms with Gasteiger partial charge in [0.1, 0.15) is 0 Å². The van der Waals surface area contributed by atoms with Gasteiger partial charge in [-0.25, -0.2) is 4.79 Å². The third-order valence-corrected chi connectivity index (χ3v) is 4.43. The quantitative estimate of drug-likeness (QED) is 0.831. The van der Waals surface area contributed by atoms with E-state index in [2.05, 4.69) is 0 Å². The molecule has 1 aliphatic heterocycles. The van der Waals surface area contributed by atoms with E-state index in [9.17, 15) is 14.7 Å². The summed E-state index contributed by atoms with van der Waals surface area (Å²) in [6, 6.07) is 0.127. The van der Waals surface area contributed by atoms with E-state index in [0.717, 1.165) is 4.88 Å². The summed E-state index contributed by atoms with van der Waals surface area (Å²) in [6.45, 7) is 0.770. The van der Waals surface area contributed by atoms with Crippen LogP contribution in [0.5, 0.6) is 0 Å². The fraction of sp³-hybridized carbons (Fsp3) is 0.538. The molecule has 110 valence electrons. The van der Waals surface area contributed by atoms with Gasteiger partial charge < -0.3 is 20.5 Å². The van der Waals surface area contributed by atoms with E-state index in [0.29, 0.717) is 31.6 Å². The van der Waals surface area contributed by atoms with Gasteiger partial charge in [0.25, 0.3) is 0 Å². The lowest BCUT2D eigenvalue weighted by Crippen LogP contribution is -2.50. The number of thiophene rings is 1. The SMILES string of the molecule is COCCC(N)C(=O)N1CCc2sccc2C1C(=O)O. The predicted molar refractivity (Wildman–Crippen MR) is 74.6 cm³/mol. The first-order valence-electron chi connectivity index (χ1n) is 6.40. The minimum atomic E-state index is -1.02. The number of hydrogen-bond donors (Lipinski definition) is 2. The van der Waals surface area contributed by atoms with Crippen molar-refractivity contribution in [3.8, 4) is 0 Å². The molecule has 2 unspecified atom stereocenters. The Morgan fingerprint density at radius 1 is 1.65 bits per heavy atom. The van der Waals surface area contributed by atoms with Crippen LogP contribution in [-0.4, -0.2) is 48.2 Å². The van der Waals surface area contributed by atoms with Crippen molar-refractivity contribution in [2.24, 2.45) is 5.73 Å². The third kappa shape index (κ3) is 2.84. The summed E-state index contributed by atoms with van der Waals surface area (Å²) >= 11 is 1.53. The first-order valence-corrected chi connectivity index (χ1v) is 7.28. The van der Waals surface area contributed by atoms with Gasteiger partial charge in [-0.05, 0) is 29.9 Å². The van der Waals surface area contributed by atoms with Crippen LogP contribution >= 0.6 is 11.3 Å². The zero-order valence-corrected chi connectivity index (χ0v) is 12.1. The van der Waals surface area contributed by atoms with Crippen molar-refractivity contribution in [3.05, 3.63) is 21.9 Å². The molecule has 0 bridgehead atoms. The maximum atomic E-state index is 12.3. The summed E-state index contributed by atoms with van der Waals surface area (Å²) in [7, 11) is 1.54. The minimum Gasteiger partial charge on any atom is -0.479 e. The molecule has 0 saturated heterocycles. The number of aliphatic carboxylic acids is 1. The highest BCUT2D eigenvalue weighted by atomic mass is 32.1. The van der Waals surface area contributed by atoms with Crippen molar-refractivity contribution in [2.75, 3.05) is 20.3 Å². The number of methoxy groups -OCH3 is 1. The van der Waals surface area contributed by atoms with Crippen molar-refractivity contribution < 1.29 is 19.4 Å². The molecule has 0 fully saturated rings. The second-order valence-corrected chi connectivity index (χ2v) is 5.71. The first-order chi connectivity index (χ1) is 9.56. The van der Waals surface area contributed by atoms with Gasteiger partial charge >= 0.3 is 5.97 Å². The Hall–Kier alpha value is -1.44. The number of carboxylic acids is 1. The number of nitrogens with zero attached hydrogens (tertiary/aromatic N) is 1. The monoisotopic (exact) mass is 298 g/mol. The molecule has 0 aliphatic carbocycles. The maximum absolute atomic E-state index is 12.3. The number of ether oxygens (including phenoxy) is 1. The molecule has 2 heterocycles. The summed E-state index contributed by atoms with van der Waals surface area (Å²) in [4.78, 5) is 26.3. The molecule has 0 saturated carbocycles. The lowest BCUT2D eigenvalue weighted by Gasteiger charge is -2.34. The van der Waals surface area contributed by atoms with Crippen molar-refractivity contribution in [1.29, 1.82) is 0 Å². The van der Waals surface area contributed by atoms with Gasteiger partial charge in [0.05, 0.1) is 6.04 Å². The molecule has 1 aliphatic rings. The fourth-order valence-corrected chi connectivity index (χ4v) is 3.31. The van der Waals surface area contributed by atoms with Gasteiger partial charge in [0, 0.05) is 25.1 Å². The number of fused-ring (bicyclic) bond motifs is 1. The number of rotatable bonds is 5. The van der Waals surface area contributed by atoms with Crippen molar-refractivity contribution >= 4 is 23.2 Å². The van der Waals surface area contributed by atoms with Crippen LogP contribution < -0.4 is 5.73 Å². The van der Waals surface area contributed by atoms with Crippen LogP contribution in [0.3, 0.4) is 0 Å². The van der Waals surface area contributed by atoms with Gasteiger partial charge in [0.15, 0.2) is 6.04 Å². The second kappa shape index (κ2) is 6.34. The predicted octanol–water partition coefficient (Wildman–Crippen LogP) is 0.622. The van der Waals surface area contributed by atoms with Crippen molar-refractivity contribution in [2.45, 2.75) is 24.9 Å². The Labute approximate surface area is 121 Å². The zero-order chi connectivity index (χ0) is 14.7. The van der Waals surface area contributed by atoms with Gasteiger partial charge in [-0.1, -0.05) is 0 Å². The average Bonchev–Trinajstić information content (AvgIpc) is 2.90. The Morgan fingerprint density at radius 3 is 3.05 bits per heavy atom. The number of carboxylic acid groups (broad SMARTS) is 1. The van der Waals surface area contributed by atoms with E-state index in [4.69, 9.17) is 10.5 Å². The molecular weight excluding hydrogens is 280 g/mol. The Morgan fingerprint density at radius 2 is 2.40 bits per heavy atom. The summed E-state index contributed by atoms with van der Waals surface area (Å²) < 4.78 is 4.90. The molecule has 20 heavy (non-hydrogen) atoms. The molecule has 1 aromatic rings. The Kier molecular flexibility index (Phi) is 4.74. The second-order valence-electron chi connectivity index (χ2n) is 4.71. The lowest BCUT2D eigenvalue weighted by atomic mass is 9.98. The number of nitrogens with two attached hydrogens (primary N) is 1. The summed E-state index contributed by atoms with van der Waals surface area (Å²) in [5, 5.41) is 11.3. The van der Waals surface area contributed by atoms with Crippen molar-refractivity contribution in [1.82, 2.24) is 4.90 Å². The molecule has 6 nitrogen and oxygen atoms in total. The molecule has 1 aromatic heterocycles. The molecule has 0 aromatic carbocycles. The minimum absolute atomic E-state index is 0.327. The van der Waals surface area contributed by atoms with Crippen LogP contribution in [0, 0.1) is 0 Å². The average molecular weight is 298 g/mol. The maximum Gasteiger partial charge on any atom is 0.331 e. The van der Waals surface area contributed by atoms with E-state index >= 15 is 0 Å². The topological polar surface area (TPSA) is 92.9 Å². The molecule has 2 rings (SSSR count). The van der Waals surface area contributed by atoms with Crippen LogP contribution in [-0.2, 0) is 20.7 Å². The van der Waals surface area contributed by atoms with Crippen LogP contribution in [0.2, 0.25) is 0 Å². The van der Waals surface area contributed by atoms with Gasteiger partial charge in [-0.3, -0.25) is 4.79 Å². The Balaban J connectivity index is 2.19. The van der Waals surface area contributed by atoms with Crippen LogP contribution in [0.4, 0.5) is 0 Å². The smallest absolute Gasteiger partial charge is 0.331 e. The molecule has 0 spiro atoms. The normalized spacial score (nSPS) is 19.5. The number of amides is 1. The van der Waals surface area contributed by atoms with E-state index < -0.39 is 18.1 Å². The summed E-state index contributed by atoms with van der Waals surface area (Å²) in [5.74, 6) is -1.34. The van der Waals surface area contributed by atoms with E-state index in [1.807, 2.05) is 5.38 Å². The summed E-state index contributed by atoms with van der Waals surface area (Å²) in [6.07, 6.45) is 1.06. The highest BCUT2D eigenvalue weighted by Crippen LogP contribution is 2.33. The van der Waals surface area contributed by atoms with Gasteiger partial charge in [-0.2, -0.15) is 0 Å². The molecule has 0 radical (unpaired) electrons. The lowest BCUT2D eigenvalue weighted by molar-refractivity contribution is -0.151. The third-order valence-electron chi connectivity index (χ3n) is 3.43. The Bertz CT molecular complexity index is 502. The molecular formula is C13H18N2O4S. The number of hydrogen-bond acceptors (Lipinski definition) is 5. The van der Waals surface area contributed by atoms with Crippen LogP contribution in [0.1, 0.15) is 22.9 Å². The molecule has 3 N–H and O–H groups in total. The van der Waals surface area contributed by atoms with E-state index in [-0.39, 0.29) is 5.91 Å². The molecule has 1 amide bonds. The van der Waals surface area contributed by atoms with Crippen LogP contribution in [0.25, 0.3) is 0 Å². The number of carbonyl (C=O) groups is 2. The van der Waals surface area contributed by atoms with Gasteiger partial charge in [-0.15, -0.1) is 11.3 Å². The van der Waals surface area contributed by atoms with E-state index in [1.165, 1.54) is 23.3 Å². The standard InChI is InChI=1S/C13H18N2O4S/c1-19-6-3-9(14)12(16)15-5-2-10-8(4-7-20-10)11(15)13(17)18/h4,7,9,11H,2-3,5-6,14H2,1H3,(H,17,18). The first kappa shape index (κ1) is 15.0. The number of carbonyl (C=O) groups excluding carboxylic acids is 1. The van der Waals surface area contributed by atoms with Crippen molar-refractivity contribution in [3.63, 3.8) is 0 Å². The molecule has 7 heteroatoms. The summed E-state index contributed by atoms with van der Waals surface area (Å²) in [5.41, 5.74) is 6.54. The highest BCUT2D eigenvalue weighted by Gasteiger charge is 2.38. The highest BCUT2D eigenvalue weighted by molar-refractivity contribution is 7.10. The zero-order valence-electron chi connectivity index (χ0n) is 11.2. The van der Waals surface area contributed by atoms with E-state index in [1.54, 1.807) is 6.07 Å². The van der Waals surface area contributed by atoms with Crippen LogP contribution in [0.15, 0.2) is 11.4 Å². The molecule has 2 atom stereocenters. The fourth-order valence-electron chi connectivity index (χ4n) is 2.40. The van der Waals surface area contributed by atoms with Gasteiger partial charge in [0.2, 0.25) is 5.91 Å². The largest absolute Gasteiger partial charge is 0.479 e.